The van der Waals surface area contributed by atoms with Gasteiger partial charge in [0.15, 0.2) is 0 Å². The molecular formula is C27H28FN3O3. The summed E-state index contributed by atoms with van der Waals surface area (Å²) in [5.74, 6) is -0.908. The molecule has 3 aromatic carbocycles. The van der Waals surface area contributed by atoms with Gasteiger partial charge in [-0.05, 0) is 67.3 Å². The maximum Gasteiger partial charge on any atom is 0.255 e. The highest BCUT2D eigenvalue weighted by atomic mass is 19.1. The molecule has 0 spiro atoms. The van der Waals surface area contributed by atoms with Crippen LogP contribution in [0.2, 0.25) is 0 Å². The summed E-state index contributed by atoms with van der Waals surface area (Å²) in [6.45, 7) is 3.26. The van der Waals surface area contributed by atoms with Crippen LogP contribution in [0.15, 0.2) is 66.7 Å². The van der Waals surface area contributed by atoms with Crippen molar-refractivity contribution in [3.8, 4) is 0 Å². The van der Waals surface area contributed by atoms with Gasteiger partial charge in [-0.2, -0.15) is 0 Å². The van der Waals surface area contributed by atoms with E-state index in [1.54, 1.807) is 54.6 Å². The Bertz CT molecular complexity index is 1170. The Labute approximate surface area is 198 Å². The van der Waals surface area contributed by atoms with E-state index >= 15 is 0 Å². The number of amides is 2. The Balaban J connectivity index is 1.39. The number of anilines is 2. The van der Waals surface area contributed by atoms with Gasteiger partial charge in [-0.15, -0.1) is 0 Å². The number of piperidine rings is 1. The molecule has 6 nitrogen and oxygen atoms in total. The Morgan fingerprint density at radius 1 is 0.971 bits per heavy atom. The predicted molar refractivity (Wildman–Crippen MR) is 131 cm³/mol. The lowest BCUT2D eigenvalue weighted by Crippen LogP contribution is -2.36. The van der Waals surface area contributed by atoms with Crippen LogP contribution in [-0.4, -0.2) is 36.1 Å². The molecule has 0 radical (unpaired) electrons. The van der Waals surface area contributed by atoms with Gasteiger partial charge in [0.2, 0.25) is 0 Å². The molecule has 7 heteroatoms. The largest absolute Gasteiger partial charge is 0.393 e. The van der Waals surface area contributed by atoms with Gasteiger partial charge in [0.1, 0.15) is 5.82 Å². The van der Waals surface area contributed by atoms with Gasteiger partial charge in [0.05, 0.1) is 11.8 Å². The third-order valence-electron chi connectivity index (χ3n) is 6.05. The molecular weight excluding hydrogens is 433 g/mol. The number of hydrogen-bond donors (Lipinski definition) is 3. The van der Waals surface area contributed by atoms with Crippen LogP contribution in [0.5, 0.6) is 0 Å². The first-order valence-electron chi connectivity index (χ1n) is 11.4. The van der Waals surface area contributed by atoms with Crippen LogP contribution in [0.4, 0.5) is 15.8 Å². The second-order valence-corrected chi connectivity index (χ2v) is 8.54. The first-order valence-corrected chi connectivity index (χ1v) is 11.4. The van der Waals surface area contributed by atoms with E-state index < -0.39 is 0 Å². The van der Waals surface area contributed by atoms with E-state index in [2.05, 4.69) is 10.6 Å². The zero-order chi connectivity index (χ0) is 24.1. The van der Waals surface area contributed by atoms with Gasteiger partial charge in [-0.3, -0.25) is 9.59 Å². The summed E-state index contributed by atoms with van der Waals surface area (Å²) < 4.78 is 14.7. The number of carbonyl (C=O) groups excluding carboxylic acids is 2. The number of carbonyl (C=O) groups is 2. The summed E-state index contributed by atoms with van der Waals surface area (Å²) in [6.07, 6.45) is 0.936. The number of hydrogen-bond acceptors (Lipinski definition) is 4. The van der Waals surface area contributed by atoms with Crippen LogP contribution < -0.4 is 15.5 Å². The van der Waals surface area contributed by atoms with Crippen LogP contribution in [0.25, 0.3) is 0 Å². The molecule has 1 saturated heterocycles. The molecule has 1 aliphatic heterocycles. The lowest BCUT2D eigenvalue weighted by molar-refractivity contribution is 0.0949. The maximum atomic E-state index is 14.7. The number of aryl methyl sites for hydroxylation is 1. The average Bonchev–Trinajstić information content (AvgIpc) is 2.85. The fourth-order valence-electron chi connectivity index (χ4n) is 3.99. The van der Waals surface area contributed by atoms with Crippen LogP contribution in [0, 0.1) is 12.7 Å². The summed E-state index contributed by atoms with van der Waals surface area (Å²) in [5, 5.41) is 15.3. The van der Waals surface area contributed by atoms with Gasteiger partial charge in [-0.1, -0.05) is 30.3 Å². The number of nitrogens with zero attached hydrogens (tertiary/aromatic N) is 1. The molecule has 1 aliphatic rings. The van der Waals surface area contributed by atoms with Crippen molar-refractivity contribution in [3.05, 3.63) is 94.8 Å². The van der Waals surface area contributed by atoms with E-state index in [1.165, 1.54) is 6.07 Å². The standard InChI is InChI=1S/C27H28FN3O3/c1-18-7-9-21(16-24(18)30-27(34)20-5-3-2-4-6-20)26(33)29-17-19-8-10-25(23(28)15-19)31-13-11-22(32)12-14-31/h2-10,15-16,22,32H,11-14,17H2,1H3,(H,29,33)(H,30,34). The number of halogens is 1. The van der Waals surface area contributed by atoms with Gasteiger partial charge >= 0.3 is 0 Å². The highest BCUT2D eigenvalue weighted by Crippen LogP contribution is 2.24. The lowest BCUT2D eigenvalue weighted by Gasteiger charge is -2.31. The molecule has 3 aromatic rings. The normalized spacial score (nSPS) is 14.0. The van der Waals surface area contributed by atoms with Crippen molar-refractivity contribution in [2.75, 3.05) is 23.3 Å². The molecule has 0 saturated carbocycles. The minimum absolute atomic E-state index is 0.175. The van der Waals surface area contributed by atoms with E-state index in [-0.39, 0.29) is 30.3 Å². The molecule has 34 heavy (non-hydrogen) atoms. The molecule has 3 N–H and O–H groups in total. The minimum atomic E-state index is -0.343. The minimum Gasteiger partial charge on any atom is -0.393 e. The highest BCUT2D eigenvalue weighted by molar-refractivity contribution is 6.05. The number of benzene rings is 3. The number of aliphatic hydroxyl groups is 1. The van der Waals surface area contributed by atoms with Crippen LogP contribution in [-0.2, 0) is 6.54 Å². The second kappa shape index (κ2) is 10.5. The molecule has 1 heterocycles. The van der Waals surface area contributed by atoms with E-state index in [1.807, 2.05) is 17.9 Å². The molecule has 0 atom stereocenters. The van der Waals surface area contributed by atoms with Crippen molar-refractivity contribution in [1.29, 1.82) is 0 Å². The van der Waals surface area contributed by atoms with E-state index in [9.17, 15) is 19.1 Å². The van der Waals surface area contributed by atoms with Crippen molar-refractivity contribution in [2.45, 2.75) is 32.4 Å². The molecule has 176 valence electrons. The summed E-state index contributed by atoms with van der Waals surface area (Å²) in [5.41, 5.74) is 3.49. The zero-order valence-electron chi connectivity index (χ0n) is 19.1. The van der Waals surface area contributed by atoms with Crippen LogP contribution in [0.3, 0.4) is 0 Å². The molecule has 2 amide bonds. The van der Waals surface area contributed by atoms with Crippen molar-refractivity contribution >= 4 is 23.2 Å². The van der Waals surface area contributed by atoms with Gasteiger partial charge in [0.25, 0.3) is 11.8 Å². The molecule has 0 unspecified atom stereocenters. The molecule has 4 rings (SSSR count). The summed E-state index contributed by atoms with van der Waals surface area (Å²) in [7, 11) is 0. The molecule has 1 fully saturated rings. The van der Waals surface area contributed by atoms with Crippen molar-refractivity contribution in [3.63, 3.8) is 0 Å². The number of aliphatic hydroxyl groups excluding tert-OH is 1. The topological polar surface area (TPSA) is 81.7 Å². The SMILES string of the molecule is Cc1ccc(C(=O)NCc2ccc(N3CCC(O)CC3)c(F)c2)cc1NC(=O)c1ccccc1. The van der Waals surface area contributed by atoms with Gasteiger partial charge in [-0.25, -0.2) is 4.39 Å². The van der Waals surface area contributed by atoms with Crippen LogP contribution >= 0.6 is 0 Å². The van der Waals surface area contributed by atoms with E-state index in [4.69, 9.17) is 0 Å². The summed E-state index contributed by atoms with van der Waals surface area (Å²) in [6, 6.07) is 18.9. The number of nitrogens with one attached hydrogen (secondary N) is 2. The Morgan fingerprint density at radius 2 is 1.71 bits per heavy atom. The summed E-state index contributed by atoms with van der Waals surface area (Å²) in [4.78, 5) is 27.1. The monoisotopic (exact) mass is 461 g/mol. The Hall–Kier alpha value is -3.71. The van der Waals surface area contributed by atoms with E-state index in [0.717, 1.165) is 5.56 Å². The fraction of sp³-hybridized carbons (Fsp3) is 0.259. The Kier molecular flexibility index (Phi) is 7.23. The van der Waals surface area contributed by atoms with Crippen LogP contribution in [0.1, 0.15) is 44.7 Å². The van der Waals surface area contributed by atoms with Crippen molar-refractivity contribution < 1.29 is 19.1 Å². The molecule has 0 aromatic heterocycles. The zero-order valence-corrected chi connectivity index (χ0v) is 19.1. The van der Waals surface area contributed by atoms with E-state index in [0.29, 0.717) is 54.0 Å². The maximum absolute atomic E-state index is 14.7. The average molecular weight is 462 g/mol. The Morgan fingerprint density at radius 3 is 2.41 bits per heavy atom. The smallest absolute Gasteiger partial charge is 0.255 e. The highest BCUT2D eigenvalue weighted by Gasteiger charge is 2.20. The predicted octanol–water partition coefficient (Wildman–Crippen LogP) is 4.28. The van der Waals surface area contributed by atoms with Gasteiger partial charge < -0.3 is 20.6 Å². The first-order chi connectivity index (χ1) is 16.4. The second-order valence-electron chi connectivity index (χ2n) is 8.54. The quantitative estimate of drug-likeness (QED) is 0.512. The molecule has 0 bridgehead atoms. The fourth-order valence-corrected chi connectivity index (χ4v) is 3.99. The third-order valence-corrected chi connectivity index (χ3v) is 6.05. The number of rotatable bonds is 6. The molecule has 0 aliphatic carbocycles. The van der Waals surface area contributed by atoms with Gasteiger partial charge in [0, 0.05) is 36.4 Å². The van der Waals surface area contributed by atoms with Crippen molar-refractivity contribution in [2.24, 2.45) is 0 Å². The third kappa shape index (κ3) is 5.61. The lowest BCUT2D eigenvalue weighted by atomic mass is 10.1. The summed E-state index contributed by atoms with van der Waals surface area (Å²) >= 11 is 0. The first kappa shape index (κ1) is 23.4. The van der Waals surface area contributed by atoms with Crippen molar-refractivity contribution in [1.82, 2.24) is 5.32 Å².